The molecular weight excluding hydrogens is 418 g/mol. The number of ether oxygens (including phenoxy) is 1. The highest BCUT2D eigenvalue weighted by atomic mass is 32.2. The molecule has 32 heavy (non-hydrogen) atoms. The fourth-order valence-electron chi connectivity index (χ4n) is 4.15. The van der Waals surface area contributed by atoms with Gasteiger partial charge in [0, 0.05) is 49.7 Å². The van der Waals surface area contributed by atoms with Gasteiger partial charge in [-0.05, 0) is 37.7 Å². The lowest BCUT2D eigenvalue weighted by atomic mass is 9.74. The molecule has 1 N–H and O–H groups in total. The van der Waals surface area contributed by atoms with E-state index >= 15 is 0 Å². The number of guanidine groups is 1. The predicted octanol–water partition coefficient (Wildman–Crippen LogP) is 4.70. The van der Waals surface area contributed by atoms with Crippen LogP contribution in [0.1, 0.15) is 51.5 Å². The maximum absolute atomic E-state index is 9.97. The molecule has 0 radical (unpaired) electrons. The molecule has 0 saturated carbocycles. The lowest BCUT2D eigenvalue weighted by molar-refractivity contribution is 0.0803. The number of nitriles is 1. The molecule has 3 heterocycles. The van der Waals surface area contributed by atoms with Gasteiger partial charge in [-0.2, -0.15) is 10.3 Å². The summed E-state index contributed by atoms with van der Waals surface area (Å²) < 4.78 is 5.48. The van der Waals surface area contributed by atoms with Crippen LogP contribution in [0, 0.1) is 11.3 Å². The Bertz CT molecular complexity index is 832. The second-order valence-electron chi connectivity index (χ2n) is 7.96. The van der Waals surface area contributed by atoms with E-state index in [1.807, 2.05) is 38.3 Å². The number of rotatable bonds is 3. The van der Waals surface area contributed by atoms with Crippen molar-refractivity contribution < 1.29 is 4.74 Å². The lowest BCUT2D eigenvalue weighted by Crippen LogP contribution is -2.44. The van der Waals surface area contributed by atoms with Crippen molar-refractivity contribution in [2.45, 2.75) is 57.4 Å². The molecule has 1 aromatic carbocycles. The van der Waals surface area contributed by atoms with Gasteiger partial charge in [0.25, 0.3) is 0 Å². The molecule has 172 valence electrons. The molecular formula is C25H35N5OS. The molecule has 0 aliphatic carbocycles. The second-order valence-corrected chi connectivity index (χ2v) is 8.94. The summed E-state index contributed by atoms with van der Waals surface area (Å²) in [4.78, 5) is 11.8. The maximum Gasteiger partial charge on any atom is 0.226 e. The summed E-state index contributed by atoms with van der Waals surface area (Å²) in [6, 6.07) is 13.2. The molecule has 6 nitrogen and oxygen atoms in total. The summed E-state index contributed by atoms with van der Waals surface area (Å²) in [5.41, 5.74) is 0.695. The Morgan fingerprint density at radius 2 is 1.88 bits per heavy atom. The molecule has 0 amide bonds. The van der Waals surface area contributed by atoms with Crippen LogP contribution in [0.3, 0.4) is 0 Å². The largest absolute Gasteiger partial charge is 0.381 e. The summed E-state index contributed by atoms with van der Waals surface area (Å²) in [6.07, 6.45) is 6.46. The van der Waals surface area contributed by atoms with Crippen LogP contribution in [-0.2, 0) is 10.2 Å². The Labute approximate surface area is 196 Å². The SMILES string of the molecule is CC.N#CC1(c2ccccc2)CCN(C2=N/C(NC3CCOCC3)=C/SCC\C=N\2)CC1. The van der Waals surface area contributed by atoms with Crippen LogP contribution in [0.25, 0.3) is 0 Å². The van der Waals surface area contributed by atoms with Crippen molar-refractivity contribution >= 4 is 23.9 Å². The van der Waals surface area contributed by atoms with E-state index in [2.05, 4.69) is 33.8 Å². The highest BCUT2D eigenvalue weighted by Gasteiger charge is 2.37. The smallest absolute Gasteiger partial charge is 0.226 e. The Hall–Kier alpha value is -2.30. The first-order valence-corrected chi connectivity index (χ1v) is 12.8. The number of hydrogen-bond donors (Lipinski definition) is 1. The van der Waals surface area contributed by atoms with Crippen LogP contribution in [-0.4, -0.2) is 55.2 Å². The summed E-state index contributed by atoms with van der Waals surface area (Å²) in [5.74, 6) is 2.64. The van der Waals surface area contributed by atoms with Crippen molar-refractivity contribution in [2.75, 3.05) is 32.1 Å². The van der Waals surface area contributed by atoms with Gasteiger partial charge >= 0.3 is 0 Å². The zero-order valence-electron chi connectivity index (χ0n) is 19.3. The molecule has 7 heteroatoms. The first kappa shape index (κ1) is 24.3. The number of nitrogens with zero attached hydrogens (tertiary/aromatic N) is 4. The zero-order valence-corrected chi connectivity index (χ0v) is 20.1. The summed E-state index contributed by atoms with van der Waals surface area (Å²) in [5, 5.41) is 15.7. The quantitative estimate of drug-likeness (QED) is 0.718. The molecule has 0 unspecified atom stereocenters. The van der Waals surface area contributed by atoms with Gasteiger partial charge in [0.1, 0.15) is 5.82 Å². The molecule has 0 bridgehead atoms. The summed E-state index contributed by atoms with van der Waals surface area (Å²) in [7, 11) is 0. The third-order valence-corrected chi connectivity index (χ3v) is 6.86. The van der Waals surface area contributed by atoms with Crippen LogP contribution in [0.2, 0.25) is 0 Å². The van der Waals surface area contributed by atoms with E-state index in [1.165, 1.54) is 0 Å². The Balaban J connectivity index is 0.00000141. The minimum Gasteiger partial charge on any atom is -0.381 e. The average Bonchev–Trinajstić information content (AvgIpc) is 2.99. The molecule has 4 rings (SSSR count). The molecule has 0 atom stereocenters. The van der Waals surface area contributed by atoms with Crippen molar-refractivity contribution in [2.24, 2.45) is 9.98 Å². The molecule has 1 aromatic rings. The highest BCUT2D eigenvalue weighted by molar-refractivity contribution is 8.02. The summed E-state index contributed by atoms with van der Waals surface area (Å²) >= 11 is 1.77. The number of nitrogens with one attached hydrogen (secondary N) is 1. The van der Waals surface area contributed by atoms with Crippen molar-refractivity contribution in [3.8, 4) is 6.07 Å². The fraction of sp³-hybridized carbons (Fsp3) is 0.560. The predicted molar refractivity (Wildman–Crippen MR) is 134 cm³/mol. The van der Waals surface area contributed by atoms with E-state index in [1.54, 1.807) is 11.8 Å². The number of hydrogen-bond acceptors (Lipinski definition) is 7. The molecule has 2 fully saturated rings. The highest BCUT2D eigenvalue weighted by Crippen LogP contribution is 2.35. The van der Waals surface area contributed by atoms with Crippen molar-refractivity contribution in [3.05, 3.63) is 47.1 Å². The van der Waals surface area contributed by atoms with E-state index in [-0.39, 0.29) is 0 Å². The van der Waals surface area contributed by atoms with Gasteiger partial charge in [-0.15, -0.1) is 11.8 Å². The van der Waals surface area contributed by atoms with E-state index in [9.17, 15) is 5.26 Å². The Morgan fingerprint density at radius 3 is 2.56 bits per heavy atom. The van der Waals surface area contributed by atoms with Gasteiger partial charge in [-0.3, -0.25) is 0 Å². The third-order valence-electron chi connectivity index (χ3n) is 6.00. The van der Waals surface area contributed by atoms with E-state index < -0.39 is 5.41 Å². The number of benzene rings is 1. The number of likely N-dealkylation sites (tertiary alicyclic amines) is 1. The maximum atomic E-state index is 9.97. The van der Waals surface area contributed by atoms with Gasteiger partial charge < -0.3 is 15.0 Å². The van der Waals surface area contributed by atoms with E-state index in [0.717, 1.165) is 81.5 Å². The van der Waals surface area contributed by atoms with E-state index in [0.29, 0.717) is 6.04 Å². The van der Waals surface area contributed by atoms with Crippen molar-refractivity contribution in [3.63, 3.8) is 0 Å². The Kier molecular flexibility index (Phi) is 9.63. The van der Waals surface area contributed by atoms with Crippen LogP contribution in [0.5, 0.6) is 0 Å². The monoisotopic (exact) mass is 453 g/mol. The first-order valence-electron chi connectivity index (χ1n) is 11.8. The molecule has 0 aromatic heterocycles. The molecule has 0 spiro atoms. The Morgan fingerprint density at radius 1 is 1.16 bits per heavy atom. The van der Waals surface area contributed by atoms with Crippen LogP contribution in [0.4, 0.5) is 0 Å². The van der Waals surface area contributed by atoms with Gasteiger partial charge in [-0.1, -0.05) is 44.2 Å². The van der Waals surface area contributed by atoms with Gasteiger partial charge in [0.05, 0.1) is 11.5 Å². The van der Waals surface area contributed by atoms with Crippen LogP contribution in [0.15, 0.2) is 51.5 Å². The number of thioether (sulfide) groups is 1. The van der Waals surface area contributed by atoms with Crippen LogP contribution < -0.4 is 5.32 Å². The minimum atomic E-state index is -0.421. The average molecular weight is 454 g/mol. The standard InChI is InChI=1S/C23H29N5OS.C2H6/c24-18-23(19-5-2-1-3-6-19)9-12-28(13-10-23)22-25-11-4-16-30-17-21(27-22)26-20-7-14-29-15-8-20;1-2/h1-3,5-6,11,17,20,26H,4,7-10,12-16H2;1-2H3/b21-17+,25-11+,27-22+;. The van der Waals surface area contributed by atoms with Crippen molar-refractivity contribution in [1.29, 1.82) is 5.26 Å². The molecule has 3 aliphatic rings. The van der Waals surface area contributed by atoms with Crippen LogP contribution >= 0.6 is 11.8 Å². The van der Waals surface area contributed by atoms with Crippen molar-refractivity contribution in [1.82, 2.24) is 10.2 Å². The number of aliphatic imine (C=N–C) groups is 2. The second kappa shape index (κ2) is 12.7. The van der Waals surface area contributed by atoms with E-state index in [4.69, 9.17) is 14.7 Å². The normalized spacial score (nSPS) is 25.7. The minimum absolute atomic E-state index is 0.394. The van der Waals surface area contributed by atoms with Gasteiger partial charge in [0.2, 0.25) is 5.96 Å². The molecule has 3 aliphatic heterocycles. The topological polar surface area (TPSA) is 73.0 Å². The third kappa shape index (κ3) is 6.36. The zero-order chi connectivity index (χ0) is 22.7. The molecule has 2 saturated heterocycles. The first-order chi connectivity index (χ1) is 15.8. The van der Waals surface area contributed by atoms with Gasteiger partial charge in [-0.25, -0.2) is 4.99 Å². The number of piperidine rings is 1. The lowest BCUT2D eigenvalue weighted by Gasteiger charge is -2.38. The summed E-state index contributed by atoms with van der Waals surface area (Å²) in [6.45, 7) is 7.15. The van der Waals surface area contributed by atoms with Gasteiger partial charge in [0.15, 0.2) is 0 Å². The fourth-order valence-corrected chi connectivity index (χ4v) is 4.79.